The van der Waals surface area contributed by atoms with Crippen molar-refractivity contribution in [3.8, 4) is 6.07 Å². The van der Waals surface area contributed by atoms with Crippen LogP contribution in [0.15, 0.2) is 35.3 Å². The fourth-order valence-corrected chi connectivity index (χ4v) is 1.46. The lowest BCUT2D eigenvalue weighted by atomic mass is 10.1. The van der Waals surface area contributed by atoms with E-state index in [1.54, 1.807) is 0 Å². The molecule has 0 aliphatic rings. The molecule has 0 heterocycles. The van der Waals surface area contributed by atoms with Crippen LogP contribution in [0.4, 0.5) is 0 Å². The molecule has 0 amide bonds. The van der Waals surface area contributed by atoms with Crippen molar-refractivity contribution >= 4 is 15.9 Å². The molecule has 0 saturated carbocycles. The van der Waals surface area contributed by atoms with E-state index in [0.29, 0.717) is 5.56 Å². The van der Waals surface area contributed by atoms with Gasteiger partial charge >= 0.3 is 0 Å². The van der Waals surface area contributed by atoms with E-state index in [1.807, 2.05) is 24.3 Å². The van der Waals surface area contributed by atoms with Gasteiger partial charge in [-0.1, -0.05) is 12.1 Å². The third kappa shape index (κ3) is 1.96. The van der Waals surface area contributed by atoms with Gasteiger partial charge in [-0.05, 0) is 40.0 Å². The maximum absolute atomic E-state index is 8.64. The Balaban J connectivity index is 3.03. The number of allylic oxidation sites excluding steroid dienone is 1. The Bertz CT molecular complexity index is 336. The zero-order valence-electron chi connectivity index (χ0n) is 6.55. The summed E-state index contributed by atoms with van der Waals surface area (Å²) in [6, 6.07) is 7.78. The van der Waals surface area contributed by atoms with E-state index in [4.69, 9.17) is 5.26 Å². The monoisotopic (exact) mass is 221 g/mol. The van der Waals surface area contributed by atoms with Crippen molar-refractivity contribution in [2.45, 2.75) is 6.42 Å². The number of rotatable bonds is 2. The van der Waals surface area contributed by atoms with Gasteiger partial charge in [0.2, 0.25) is 0 Å². The van der Waals surface area contributed by atoms with Crippen LogP contribution < -0.4 is 0 Å². The summed E-state index contributed by atoms with van der Waals surface area (Å²) < 4.78 is 0.851. The minimum absolute atomic E-state index is 0.669. The van der Waals surface area contributed by atoms with Crippen LogP contribution in [0, 0.1) is 11.3 Å². The second-order valence-electron chi connectivity index (χ2n) is 2.42. The minimum atomic E-state index is 0.669. The van der Waals surface area contributed by atoms with E-state index in [2.05, 4.69) is 28.6 Å². The van der Waals surface area contributed by atoms with Crippen LogP contribution >= 0.6 is 15.9 Å². The summed E-state index contributed by atoms with van der Waals surface area (Å²) in [5, 5.41) is 8.64. The standard InChI is InChI=1S/C10H8BrN/c1-2-3-8-4-5-9(7-12)10(11)6-8/h2,4-6H,1,3H2. The average molecular weight is 222 g/mol. The molecular weight excluding hydrogens is 214 g/mol. The maximum Gasteiger partial charge on any atom is 0.100 e. The lowest BCUT2D eigenvalue weighted by Crippen LogP contribution is -1.83. The summed E-state index contributed by atoms with van der Waals surface area (Å²) in [4.78, 5) is 0. The predicted molar refractivity (Wildman–Crippen MR) is 52.8 cm³/mol. The Morgan fingerprint density at radius 3 is 2.83 bits per heavy atom. The number of nitriles is 1. The van der Waals surface area contributed by atoms with Crippen LogP contribution in [-0.2, 0) is 6.42 Å². The van der Waals surface area contributed by atoms with Crippen LogP contribution in [0.2, 0.25) is 0 Å². The van der Waals surface area contributed by atoms with Crippen molar-refractivity contribution in [3.63, 3.8) is 0 Å². The summed E-state index contributed by atoms with van der Waals surface area (Å²) in [5.74, 6) is 0. The SMILES string of the molecule is C=CCc1ccc(C#N)c(Br)c1. The van der Waals surface area contributed by atoms with Gasteiger partial charge in [-0.2, -0.15) is 5.26 Å². The molecule has 2 heteroatoms. The van der Waals surface area contributed by atoms with Gasteiger partial charge in [0, 0.05) is 4.47 Å². The summed E-state index contributed by atoms with van der Waals surface area (Å²) in [5.41, 5.74) is 1.83. The van der Waals surface area contributed by atoms with Crippen molar-refractivity contribution in [1.29, 1.82) is 5.26 Å². The van der Waals surface area contributed by atoms with Gasteiger partial charge < -0.3 is 0 Å². The van der Waals surface area contributed by atoms with Gasteiger partial charge in [0.1, 0.15) is 6.07 Å². The molecule has 0 N–H and O–H groups in total. The van der Waals surface area contributed by atoms with Crippen molar-refractivity contribution in [2.24, 2.45) is 0 Å². The number of benzene rings is 1. The number of hydrogen-bond donors (Lipinski definition) is 0. The summed E-state index contributed by atoms with van der Waals surface area (Å²) in [6.07, 6.45) is 2.68. The van der Waals surface area contributed by atoms with Crippen LogP contribution in [0.3, 0.4) is 0 Å². The first-order chi connectivity index (χ1) is 5.77. The molecule has 0 unspecified atom stereocenters. The molecule has 1 nitrogen and oxygen atoms in total. The van der Waals surface area contributed by atoms with Crippen molar-refractivity contribution in [1.82, 2.24) is 0 Å². The third-order valence-electron chi connectivity index (χ3n) is 1.53. The molecule has 1 aromatic rings. The van der Waals surface area contributed by atoms with Gasteiger partial charge in [0.05, 0.1) is 5.56 Å². The first-order valence-corrected chi connectivity index (χ1v) is 4.36. The first kappa shape index (κ1) is 9.02. The Morgan fingerprint density at radius 2 is 2.33 bits per heavy atom. The quantitative estimate of drug-likeness (QED) is 0.705. The lowest BCUT2D eigenvalue weighted by Gasteiger charge is -1.98. The van der Waals surface area contributed by atoms with E-state index in [9.17, 15) is 0 Å². The molecule has 0 radical (unpaired) electrons. The lowest BCUT2D eigenvalue weighted by molar-refractivity contribution is 1.26. The topological polar surface area (TPSA) is 23.8 Å². The van der Waals surface area contributed by atoms with E-state index in [0.717, 1.165) is 16.5 Å². The Labute approximate surface area is 80.5 Å². The smallest absolute Gasteiger partial charge is 0.100 e. The molecule has 60 valence electrons. The third-order valence-corrected chi connectivity index (χ3v) is 2.19. The number of halogens is 1. The van der Waals surface area contributed by atoms with Crippen LogP contribution in [0.5, 0.6) is 0 Å². The largest absolute Gasteiger partial charge is 0.192 e. The highest BCUT2D eigenvalue weighted by atomic mass is 79.9. The highest BCUT2D eigenvalue weighted by Gasteiger charge is 1.98. The molecule has 0 saturated heterocycles. The van der Waals surface area contributed by atoms with Gasteiger partial charge in [-0.15, -0.1) is 6.58 Å². The highest BCUT2D eigenvalue weighted by molar-refractivity contribution is 9.10. The summed E-state index contributed by atoms with van der Waals surface area (Å²) >= 11 is 3.32. The van der Waals surface area contributed by atoms with Crippen molar-refractivity contribution < 1.29 is 0 Å². The highest BCUT2D eigenvalue weighted by Crippen LogP contribution is 2.17. The second kappa shape index (κ2) is 4.08. The number of hydrogen-bond acceptors (Lipinski definition) is 1. The molecule has 1 rings (SSSR count). The van der Waals surface area contributed by atoms with Crippen LogP contribution in [0.1, 0.15) is 11.1 Å². The van der Waals surface area contributed by atoms with Gasteiger partial charge in [0.25, 0.3) is 0 Å². The first-order valence-electron chi connectivity index (χ1n) is 3.57. The molecule has 0 fully saturated rings. The predicted octanol–water partition coefficient (Wildman–Crippen LogP) is 3.05. The summed E-state index contributed by atoms with van der Waals surface area (Å²) in [6.45, 7) is 3.65. The second-order valence-corrected chi connectivity index (χ2v) is 3.27. The molecular formula is C10H8BrN. The van der Waals surface area contributed by atoms with E-state index in [1.165, 1.54) is 0 Å². The fraction of sp³-hybridized carbons (Fsp3) is 0.100. The molecule has 0 aliphatic heterocycles. The van der Waals surface area contributed by atoms with Crippen molar-refractivity contribution in [2.75, 3.05) is 0 Å². The fourth-order valence-electron chi connectivity index (χ4n) is 0.943. The summed E-state index contributed by atoms with van der Waals surface area (Å²) in [7, 11) is 0. The normalized spacial score (nSPS) is 9.00. The number of nitrogens with zero attached hydrogens (tertiary/aromatic N) is 1. The van der Waals surface area contributed by atoms with E-state index in [-0.39, 0.29) is 0 Å². The molecule has 1 aromatic carbocycles. The molecule has 0 aromatic heterocycles. The van der Waals surface area contributed by atoms with E-state index >= 15 is 0 Å². The maximum atomic E-state index is 8.64. The average Bonchev–Trinajstić information content (AvgIpc) is 2.05. The van der Waals surface area contributed by atoms with Gasteiger partial charge in [-0.3, -0.25) is 0 Å². The zero-order valence-corrected chi connectivity index (χ0v) is 8.13. The van der Waals surface area contributed by atoms with E-state index < -0.39 is 0 Å². The van der Waals surface area contributed by atoms with Gasteiger partial charge in [-0.25, -0.2) is 0 Å². The Hall–Kier alpha value is -1.07. The molecule has 0 atom stereocenters. The van der Waals surface area contributed by atoms with Crippen LogP contribution in [0.25, 0.3) is 0 Å². The molecule has 0 bridgehead atoms. The Morgan fingerprint density at radius 1 is 1.58 bits per heavy atom. The zero-order chi connectivity index (χ0) is 8.97. The molecule has 0 spiro atoms. The van der Waals surface area contributed by atoms with Gasteiger partial charge in [0.15, 0.2) is 0 Å². The van der Waals surface area contributed by atoms with Crippen LogP contribution in [-0.4, -0.2) is 0 Å². The molecule has 12 heavy (non-hydrogen) atoms. The molecule has 0 aliphatic carbocycles. The van der Waals surface area contributed by atoms with Crippen molar-refractivity contribution in [3.05, 3.63) is 46.5 Å². The minimum Gasteiger partial charge on any atom is -0.192 e. The Kier molecular flexibility index (Phi) is 3.07.